The summed E-state index contributed by atoms with van der Waals surface area (Å²) in [7, 11) is 0. The van der Waals surface area contributed by atoms with Gasteiger partial charge in [-0.2, -0.15) is 0 Å². The molecule has 0 amide bonds. The summed E-state index contributed by atoms with van der Waals surface area (Å²) in [6, 6.07) is 3.09. The molecular formula is C14H17NO6. The smallest absolute Gasteiger partial charge is 0.332 e. The third-order valence-electron chi connectivity index (χ3n) is 3.50. The van der Waals surface area contributed by atoms with Crippen LogP contribution in [0.5, 0.6) is 5.75 Å². The van der Waals surface area contributed by atoms with Gasteiger partial charge in [-0.15, -0.1) is 0 Å². The first-order valence-corrected chi connectivity index (χ1v) is 6.65. The Labute approximate surface area is 121 Å². The van der Waals surface area contributed by atoms with Crippen molar-refractivity contribution in [3.8, 4) is 5.75 Å². The van der Waals surface area contributed by atoms with E-state index in [-0.39, 0.29) is 18.4 Å². The number of hydrogen-bond acceptors (Lipinski definition) is 5. The highest BCUT2D eigenvalue weighted by atomic mass is 16.6. The summed E-state index contributed by atoms with van der Waals surface area (Å²) in [5, 5.41) is 19.8. The number of nitro groups is 1. The molecule has 2 atom stereocenters. The standard InChI is InChI=1S/C14H17NO6/c1-8-5-9(2)13(6-11(8)15(18)19)20-7-10-3-4-12(21-10)14(16)17/h5-6,10,12H,3-4,7H2,1-2H3,(H,16,17). The molecule has 0 bridgehead atoms. The number of carboxylic acid groups (broad SMARTS) is 1. The van der Waals surface area contributed by atoms with Crippen LogP contribution in [0.15, 0.2) is 12.1 Å². The number of carbonyl (C=O) groups is 1. The van der Waals surface area contributed by atoms with E-state index in [1.807, 2.05) is 6.92 Å². The van der Waals surface area contributed by atoms with Gasteiger partial charge in [-0.05, 0) is 38.3 Å². The molecule has 0 saturated carbocycles. The van der Waals surface area contributed by atoms with Crippen LogP contribution in [-0.4, -0.2) is 34.8 Å². The number of hydrogen-bond donors (Lipinski definition) is 1. The number of aliphatic carboxylic acids is 1. The Morgan fingerprint density at radius 2 is 2.14 bits per heavy atom. The average molecular weight is 295 g/mol. The average Bonchev–Trinajstić information content (AvgIpc) is 2.86. The molecule has 1 aromatic carbocycles. The van der Waals surface area contributed by atoms with E-state index in [9.17, 15) is 14.9 Å². The van der Waals surface area contributed by atoms with E-state index in [0.29, 0.717) is 24.2 Å². The second kappa shape index (κ2) is 6.09. The molecule has 114 valence electrons. The molecule has 21 heavy (non-hydrogen) atoms. The van der Waals surface area contributed by atoms with E-state index >= 15 is 0 Å². The lowest BCUT2D eigenvalue weighted by atomic mass is 10.1. The van der Waals surface area contributed by atoms with Gasteiger partial charge in [0.15, 0.2) is 6.10 Å². The summed E-state index contributed by atoms with van der Waals surface area (Å²) in [6.45, 7) is 3.67. The van der Waals surface area contributed by atoms with Crippen molar-refractivity contribution in [3.63, 3.8) is 0 Å². The van der Waals surface area contributed by atoms with Gasteiger partial charge >= 0.3 is 5.97 Å². The van der Waals surface area contributed by atoms with Gasteiger partial charge in [0, 0.05) is 5.56 Å². The third-order valence-corrected chi connectivity index (χ3v) is 3.50. The number of aryl methyl sites for hydroxylation is 2. The zero-order valence-corrected chi connectivity index (χ0v) is 11.9. The minimum Gasteiger partial charge on any atom is -0.490 e. The van der Waals surface area contributed by atoms with Gasteiger partial charge in [0.05, 0.1) is 17.1 Å². The summed E-state index contributed by atoms with van der Waals surface area (Å²) < 4.78 is 10.9. The molecule has 2 rings (SSSR count). The SMILES string of the molecule is Cc1cc(C)c([N+](=O)[O-])cc1OCC1CCC(C(=O)O)O1. The monoisotopic (exact) mass is 295 g/mol. The topological polar surface area (TPSA) is 98.9 Å². The van der Waals surface area contributed by atoms with Gasteiger partial charge < -0.3 is 14.6 Å². The van der Waals surface area contributed by atoms with Crippen molar-refractivity contribution in [2.75, 3.05) is 6.61 Å². The van der Waals surface area contributed by atoms with Crippen LogP contribution in [0.2, 0.25) is 0 Å². The number of ether oxygens (including phenoxy) is 2. The molecule has 0 aromatic heterocycles. The number of nitro benzene ring substituents is 1. The summed E-state index contributed by atoms with van der Waals surface area (Å²) >= 11 is 0. The maximum absolute atomic E-state index is 10.9. The first-order valence-electron chi connectivity index (χ1n) is 6.65. The normalized spacial score (nSPS) is 21.2. The molecule has 0 spiro atoms. The predicted molar refractivity (Wildman–Crippen MR) is 73.6 cm³/mol. The van der Waals surface area contributed by atoms with Gasteiger partial charge in [-0.1, -0.05) is 0 Å². The minimum atomic E-state index is -0.973. The second-order valence-electron chi connectivity index (χ2n) is 5.13. The Balaban J connectivity index is 2.02. The summed E-state index contributed by atoms with van der Waals surface area (Å²) in [6.07, 6.45) is -0.0294. The summed E-state index contributed by atoms with van der Waals surface area (Å²) in [5.74, 6) is -0.547. The van der Waals surface area contributed by atoms with E-state index in [1.165, 1.54) is 6.07 Å². The zero-order chi connectivity index (χ0) is 15.6. The van der Waals surface area contributed by atoms with E-state index in [4.69, 9.17) is 14.6 Å². The first-order chi connectivity index (χ1) is 9.88. The Kier molecular flexibility index (Phi) is 4.42. The van der Waals surface area contributed by atoms with Crippen molar-refractivity contribution in [3.05, 3.63) is 33.4 Å². The molecule has 7 nitrogen and oxygen atoms in total. The fourth-order valence-electron chi connectivity index (χ4n) is 2.37. The van der Waals surface area contributed by atoms with Gasteiger partial charge in [0.2, 0.25) is 0 Å². The van der Waals surface area contributed by atoms with Crippen LogP contribution in [0.3, 0.4) is 0 Å². The Morgan fingerprint density at radius 1 is 1.43 bits per heavy atom. The molecular weight excluding hydrogens is 278 g/mol. The van der Waals surface area contributed by atoms with Crippen LogP contribution in [0.1, 0.15) is 24.0 Å². The first kappa shape index (κ1) is 15.2. The molecule has 1 fully saturated rings. The Morgan fingerprint density at radius 3 is 2.71 bits per heavy atom. The van der Waals surface area contributed by atoms with Crippen LogP contribution in [0.4, 0.5) is 5.69 Å². The zero-order valence-electron chi connectivity index (χ0n) is 11.9. The Bertz CT molecular complexity index is 571. The second-order valence-corrected chi connectivity index (χ2v) is 5.13. The largest absolute Gasteiger partial charge is 0.490 e. The van der Waals surface area contributed by atoms with Crippen LogP contribution < -0.4 is 4.74 Å². The quantitative estimate of drug-likeness (QED) is 0.660. The third kappa shape index (κ3) is 3.49. The molecule has 0 radical (unpaired) electrons. The van der Waals surface area contributed by atoms with Gasteiger partial charge in [-0.3, -0.25) is 10.1 Å². The number of rotatable bonds is 5. The van der Waals surface area contributed by atoms with Crippen molar-refractivity contribution < 1.29 is 24.3 Å². The van der Waals surface area contributed by atoms with Crippen LogP contribution in [-0.2, 0) is 9.53 Å². The van der Waals surface area contributed by atoms with Crippen molar-refractivity contribution in [1.29, 1.82) is 0 Å². The molecule has 0 aliphatic carbocycles. The number of benzene rings is 1. The van der Waals surface area contributed by atoms with Crippen LogP contribution in [0.25, 0.3) is 0 Å². The van der Waals surface area contributed by atoms with E-state index in [2.05, 4.69) is 0 Å². The number of nitrogens with zero attached hydrogens (tertiary/aromatic N) is 1. The van der Waals surface area contributed by atoms with E-state index in [1.54, 1.807) is 13.0 Å². The van der Waals surface area contributed by atoms with Gasteiger partial charge in [0.25, 0.3) is 5.69 Å². The fourth-order valence-corrected chi connectivity index (χ4v) is 2.37. The fraction of sp³-hybridized carbons (Fsp3) is 0.500. The van der Waals surface area contributed by atoms with E-state index < -0.39 is 17.0 Å². The van der Waals surface area contributed by atoms with Crippen molar-refractivity contribution in [2.45, 2.75) is 38.9 Å². The van der Waals surface area contributed by atoms with Crippen molar-refractivity contribution in [1.82, 2.24) is 0 Å². The molecule has 7 heteroatoms. The molecule has 2 unspecified atom stereocenters. The lowest BCUT2D eigenvalue weighted by molar-refractivity contribution is -0.385. The van der Waals surface area contributed by atoms with Crippen molar-refractivity contribution >= 4 is 11.7 Å². The molecule has 1 aliphatic heterocycles. The molecule has 1 aliphatic rings. The number of carboxylic acids is 1. The van der Waals surface area contributed by atoms with Gasteiger partial charge in [-0.25, -0.2) is 4.79 Å². The molecule has 1 heterocycles. The minimum absolute atomic E-state index is 0.00588. The maximum Gasteiger partial charge on any atom is 0.332 e. The molecule has 1 aromatic rings. The lowest BCUT2D eigenvalue weighted by Gasteiger charge is -2.14. The highest BCUT2D eigenvalue weighted by Gasteiger charge is 2.31. The molecule has 1 saturated heterocycles. The van der Waals surface area contributed by atoms with Crippen LogP contribution in [0, 0.1) is 24.0 Å². The van der Waals surface area contributed by atoms with E-state index in [0.717, 1.165) is 5.56 Å². The highest BCUT2D eigenvalue weighted by Crippen LogP contribution is 2.29. The summed E-state index contributed by atoms with van der Waals surface area (Å²) in [5.41, 5.74) is 1.38. The Hall–Kier alpha value is -2.15. The highest BCUT2D eigenvalue weighted by molar-refractivity contribution is 5.72. The maximum atomic E-state index is 10.9. The predicted octanol–water partition coefficient (Wildman–Crippen LogP) is 2.22. The summed E-state index contributed by atoms with van der Waals surface area (Å²) in [4.78, 5) is 21.3. The van der Waals surface area contributed by atoms with Crippen molar-refractivity contribution in [2.24, 2.45) is 0 Å². The molecule has 1 N–H and O–H groups in total. The lowest BCUT2D eigenvalue weighted by Crippen LogP contribution is -2.23. The van der Waals surface area contributed by atoms with Crippen LogP contribution >= 0.6 is 0 Å². The van der Waals surface area contributed by atoms with Gasteiger partial charge in [0.1, 0.15) is 12.4 Å².